The number of nitrogens with zero attached hydrogens (tertiary/aromatic N) is 2. The fourth-order valence-electron chi connectivity index (χ4n) is 2.08. The minimum absolute atomic E-state index is 0.115. The standard InChI is InChI=1S/C12H21F3N2O3/c1-11(19,12(13,14)15)9-16-4-3-5-17(6-7-20-2)10(18)8-16/h19H,3-9H2,1-2H3. The van der Waals surface area contributed by atoms with Crippen molar-refractivity contribution in [2.45, 2.75) is 25.1 Å². The Balaban J connectivity index is 2.60. The van der Waals surface area contributed by atoms with E-state index in [-0.39, 0.29) is 12.5 Å². The van der Waals surface area contributed by atoms with Crippen LogP contribution in [0.3, 0.4) is 0 Å². The van der Waals surface area contributed by atoms with Crippen LogP contribution in [0.2, 0.25) is 0 Å². The van der Waals surface area contributed by atoms with Crippen LogP contribution in [0.1, 0.15) is 13.3 Å². The van der Waals surface area contributed by atoms with Crippen LogP contribution in [0, 0.1) is 0 Å². The van der Waals surface area contributed by atoms with Crippen LogP contribution in [-0.4, -0.2) is 79.0 Å². The summed E-state index contributed by atoms with van der Waals surface area (Å²) in [6.45, 7) is 1.68. The molecular formula is C12H21F3N2O3. The Kier molecular flexibility index (Phi) is 5.79. The van der Waals surface area contributed by atoms with Gasteiger partial charge in [-0.05, 0) is 13.3 Å². The van der Waals surface area contributed by atoms with Gasteiger partial charge in [0.1, 0.15) is 0 Å². The minimum atomic E-state index is -4.71. The Bertz CT molecular complexity index is 334. The summed E-state index contributed by atoms with van der Waals surface area (Å²) in [6, 6.07) is 0. The molecule has 5 nitrogen and oxygen atoms in total. The molecule has 118 valence electrons. The average molecular weight is 298 g/mol. The first-order valence-corrected chi connectivity index (χ1v) is 6.45. The highest BCUT2D eigenvalue weighted by molar-refractivity contribution is 5.78. The van der Waals surface area contributed by atoms with Gasteiger partial charge in [0.15, 0.2) is 5.60 Å². The van der Waals surface area contributed by atoms with E-state index in [1.165, 1.54) is 12.0 Å². The molecule has 1 N–H and O–H groups in total. The summed E-state index contributed by atoms with van der Waals surface area (Å²) in [5, 5.41) is 9.48. The van der Waals surface area contributed by atoms with E-state index in [1.807, 2.05) is 0 Å². The number of methoxy groups -OCH3 is 1. The molecule has 1 amide bonds. The molecule has 0 radical (unpaired) electrons. The zero-order valence-electron chi connectivity index (χ0n) is 11.7. The molecule has 0 spiro atoms. The summed E-state index contributed by atoms with van der Waals surface area (Å²) < 4.78 is 42.8. The second-order valence-corrected chi connectivity index (χ2v) is 5.21. The smallest absolute Gasteiger partial charge is 0.383 e. The maximum Gasteiger partial charge on any atom is 0.418 e. The molecule has 1 heterocycles. The summed E-state index contributed by atoms with van der Waals surface area (Å²) in [6.07, 6.45) is -4.14. The largest absolute Gasteiger partial charge is 0.418 e. The molecule has 0 aliphatic carbocycles. The monoisotopic (exact) mass is 298 g/mol. The zero-order valence-corrected chi connectivity index (χ0v) is 11.7. The molecule has 0 saturated carbocycles. The Morgan fingerprint density at radius 3 is 2.55 bits per heavy atom. The van der Waals surface area contributed by atoms with Gasteiger partial charge >= 0.3 is 6.18 Å². The number of β-amino-alcohol motifs (C(OH)–C–C–N with tert-alkyl or cyclic N) is 1. The van der Waals surface area contributed by atoms with Crippen molar-refractivity contribution in [3.05, 3.63) is 0 Å². The second kappa shape index (κ2) is 6.73. The lowest BCUT2D eigenvalue weighted by Crippen LogP contribution is -2.52. The molecule has 1 aliphatic rings. The molecule has 0 aromatic rings. The third-order valence-electron chi connectivity index (χ3n) is 3.32. The van der Waals surface area contributed by atoms with Crippen molar-refractivity contribution in [3.63, 3.8) is 0 Å². The summed E-state index contributed by atoms with van der Waals surface area (Å²) in [4.78, 5) is 14.9. The number of halogens is 3. The quantitative estimate of drug-likeness (QED) is 0.802. The van der Waals surface area contributed by atoms with Crippen molar-refractivity contribution < 1.29 is 27.8 Å². The molecule has 1 atom stereocenters. The third-order valence-corrected chi connectivity index (χ3v) is 3.32. The Hall–Kier alpha value is -0.860. The Labute approximate surface area is 116 Å². The van der Waals surface area contributed by atoms with Crippen LogP contribution in [0.5, 0.6) is 0 Å². The van der Waals surface area contributed by atoms with Gasteiger partial charge in [-0.1, -0.05) is 0 Å². The first-order valence-electron chi connectivity index (χ1n) is 6.45. The predicted molar refractivity (Wildman–Crippen MR) is 66.2 cm³/mol. The van der Waals surface area contributed by atoms with E-state index in [0.717, 1.165) is 6.92 Å². The Morgan fingerprint density at radius 1 is 1.35 bits per heavy atom. The van der Waals surface area contributed by atoms with Crippen LogP contribution in [0.25, 0.3) is 0 Å². The van der Waals surface area contributed by atoms with Crippen LogP contribution in [-0.2, 0) is 9.53 Å². The van der Waals surface area contributed by atoms with E-state index in [1.54, 1.807) is 4.90 Å². The number of hydrogen-bond acceptors (Lipinski definition) is 4. The molecule has 1 rings (SSSR count). The van der Waals surface area contributed by atoms with E-state index >= 15 is 0 Å². The van der Waals surface area contributed by atoms with E-state index in [0.29, 0.717) is 32.7 Å². The predicted octanol–water partition coefficient (Wildman–Crippen LogP) is 0.480. The molecule has 1 saturated heterocycles. The van der Waals surface area contributed by atoms with Crippen LogP contribution >= 0.6 is 0 Å². The molecule has 8 heteroatoms. The van der Waals surface area contributed by atoms with Crippen LogP contribution in [0.4, 0.5) is 13.2 Å². The highest BCUT2D eigenvalue weighted by Crippen LogP contribution is 2.30. The van der Waals surface area contributed by atoms with E-state index in [9.17, 15) is 23.1 Å². The third kappa shape index (κ3) is 4.60. The summed E-state index contributed by atoms with van der Waals surface area (Å²) in [5.41, 5.74) is -2.81. The minimum Gasteiger partial charge on any atom is -0.383 e. The SMILES string of the molecule is COCCN1CCCN(CC(C)(O)C(F)(F)F)CC1=O. The number of alkyl halides is 3. The number of carbonyl (C=O) groups excluding carboxylic acids is 1. The lowest BCUT2D eigenvalue weighted by Gasteiger charge is -2.31. The maximum absolute atomic E-state index is 12.6. The van der Waals surface area contributed by atoms with Crippen LogP contribution in [0.15, 0.2) is 0 Å². The number of amides is 1. The van der Waals surface area contributed by atoms with Crippen molar-refractivity contribution in [3.8, 4) is 0 Å². The second-order valence-electron chi connectivity index (χ2n) is 5.21. The molecule has 20 heavy (non-hydrogen) atoms. The molecule has 0 bridgehead atoms. The number of ether oxygens (including phenoxy) is 1. The highest BCUT2D eigenvalue weighted by Gasteiger charge is 2.50. The van der Waals surface area contributed by atoms with Gasteiger partial charge in [-0.3, -0.25) is 9.69 Å². The summed E-state index contributed by atoms with van der Waals surface area (Å²) in [5.74, 6) is -0.238. The number of hydrogen-bond donors (Lipinski definition) is 1. The zero-order chi connectivity index (χ0) is 15.4. The Morgan fingerprint density at radius 2 is 2.00 bits per heavy atom. The normalized spacial score (nSPS) is 21.7. The maximum atomic E-state index is 12.6. The molecule has 1 aliphatic heterocycles. The molecule has 1 fully saturated rings. The van der Waals surface area contributed by atoms with Crippen molar-refractivity contribution >= 4 is 5.91 Å². The number of carbonyl (C=O) groups is 1. The van der Waals surface area contributed by atoms with Gasteiger partial charge in [0.25, 0.3) is 0 Å². The van der Waals surface area contributed by atoms with Gasteiger partial charge in [0.2, 0.25) is 5.91 Å². The van der Waals surface area contributed by atoms with Crippen LogP contribution < -0.4 is 0 Å². The lowest BCUT2D eigenvalue weighted by molar-refractivity contribution is -0.257. The van der Waals surface area contributed by atoms with E-state index in [2.05, 4.69) is 0 Å². The number of aliphatic hydroxyl groups is 1. The fraction of sp³-hybridized carbons (Fsp3) is 0.917. The van der Waals surface area contributed by atoms with Crippen molar-refractivity contribution in [2.24, 2.45) is 0 Å². The first kappa shape index (κ1) is 17.2. The fourth-order valence-corrected chi connectivity index (χ4v) is 2.08. The van der Waals surface area contributed by atoms with Gasteiger partial charge in [-0.25, -0.2) is 0 Å². The molecule has 1 unspecified atom stereocenters. The van der Waals surface area contributed by atoms with Crippen molar-refractivity contribution in [2.75, 3.05) is 46.4 Å². The van der Waals surface area contributed by atoms with E-state index in [4.69, 9.17) is 4.74 Å². The van der Waals surface area contributed by atoms with Gasteiger partial charge in [-0.15, -0.1) is 0 Å². The highest BCUT2D eigenvalue weighted by atomic mass is 19.4. The van der Waals surface area contributed by atoms with Gasteiger partial charge in [0, 0.05) is 33.3 Å². The molecule has 0 aromatic carbocycles. The first-order chi connectivity index (χ1) is 9.17. The summed E-state index contributed by atoms with van der Waals surface area (Å²) in [7, 11) is 1.52. The molecule has 0 aromatic heterocycles. The van der Waals surface area contributed by atoms with Gasteiger partial charge in [0.05, 0.1) is 13.2 Å². The topological polar surface area (TPSA) is 53.0 Å². The lowest BCUT2D eigenvalue weighted by atomic mass is 10.1. The molecular weight excluding hydrogens is 277 g/mol. The van der Waals surface area contributed by atoms with E-state index < -0.39 is 18.3 Å². The number of rotatable bonds is 5. The van der Waals surface area contributed by atoms with Gasteiger partial charge in [-0.2, -0.15) is 13.2 Å². The van der Waals surface area contributed by atoms with Crippen molar-refractivity contribution in [1.29, 1.82) is 0 Å². The summed E-state index contributed by atoms with van der Waals surface area (Å²) >= 11 is 0. The average Bonchev–Trinajstić information content (AvgIpc) is 2.46. The van der Waals surface area contributed by atoms with Gasteiger partial charge < -0.3 is 14.7 Å². The van der Waals surface area contributed by atoms with Crippen molar-refractivity contribution in [1.82, 2.24) is 9.80 Å².